The van der Waals surface area contributed by atoms with Crippen molar-refractivity contribution >= 4 is 22.7 Å². The van der Waals surface area contributed by atoms with Crippen LogP contribution < -0.4 is 5.73 Å². The number of rotatable bonds is 2. The van der Waals surface area contributed by atoms with Crippen LogP contribution in [0.3, 0.4) is 0 Å². The fourth-order valence-corrected chi connectivity index (χ4v) is 3.38. The molecule has 0 bridgehead atoms. The number of thiazole rings is 1. The van der Waals surface area contributed by atoms with Gasteiger partial charge in [-0.15, -0.1) is 22.7 Å². The molecule has 80 valence electrons. The summed E-state index contributed by atoms with van der Waals surface area (Å²) < 4.78 is 0. The summed E-state index contributed by atoms with van der Waals surface area (Å²) in [5.74, 6) is 0. The number of hydrogen-bond donors (Lipinski definition) is 1. The minimum Gasteiger partial charge on any atom is -0.321 e. The highest BCUT2D eigenvalue weighted by Gasteiger charge is 2.21. The quantitative estimate of drug-likeness (QED) is 0.871. The van der Waals surface area contributed by atoms with Gasteiger partial charge in [-0.1, -0.05) is 6.07 Å². The molecule has 2 N–H and O–H groups in total. The Kier molecular flexibility index (Phi) is 2.66. The van der Waals surface area contributed by atoms with Gasteiger partial charge in [-0.05, 0) is 32.2 Å². The normalized spacial score (nSPS) is 12.0. The first-order valence-electron chi connectivity index (χ1n) is 4.79. The molecule has 0 aliphatic rings. The van der Waals surface area contributed by atoms with Crippen molar-refractivity contribution in [2.45, 2.75) is 26.3 Å². The Morgan fingerprint density at radius 1 is 1.40 bits per heavy atom. The lowest BCUT2D eigenvalue weighted by Crippen LogP contribution is -2.28. The third-order valence-corrected chi connectivity index (χ3v) is 4.65. The fraction of sp³-hybridized carbons (Fsp3) is 0.364. The van der Waals surface area contributed by atoms with Crippen LogP contribution in [-0.2, 0) is 5.54 Å². The molecular formula is C11H14N2S2. The summed E-state index contributed by atoms with van der Waals surface area (Å²) in [6.07, 6.45) is 0. The van der Waals surface area contributed by atoms with Crippen molar-refractivity contribution < 1.29 is 0 Å². The van der Waals surface area contributed by atoms with Crippen LogP contribution in [0.4, 0.5) is 0 Å². The second-order valence-corrected chi connectivity index (χ2v) is 6.08. The van der Waals surface area contributed by atoms with E-state index in [1.165, 1.54) is 9.75 Å². The minimum absolute atomic E-state index is 0.294. The average Bonchev–Trinajstić information content (AvgIpc) is 2.68. The van der Waals surface area contributed by atoms with E-state index >= 15 is 0 Å². The van der Waals surface area contributed by atoms with E-state index in [0.29, 0.717) is 0 Å². The van der Waals surface area contributed by atoms with Gasteiger partial charge < -0.3 is 5.73 Å². The Bertz CT molecular complexity index is 449. The molecule has 15 heavy (non-hydrogen) atoms. The summed E-state index contributed by atoms with van der Waals surface area (Å²) in [6.45, 7) is 6.06. The molecule has 2 nitrogen and oxygen atoms in total. The zero-order valence-electron chi connectivity index (χ0n) is 9.07. The van der Waals surface area contributed by atoms with E-state index in [1.54, 1.807) is 22.7 Å². The summed E-state index contributed by atoms with van der Waals surface area (Å²) in [6, 6.07) is 4.14. The Hall–Kier alpha value is -0.710. The summed E-state index contributed by atoms with van der Waals surface area (Å²) in [5, 5.41) is 3.15. The molecule has 0 radical (unpaired) electrons. The zero-order valence-corrected chi connectivity index (χ0v) is 10.7. The lowest BCUT2D eigenvalue weighted by molar-refractivity contribution is 0.562. The maximum Gasteiger partial charge on any atom is 0.133 e. The SMILES string of the molecule is Cc1nc(-c2cccs2)sc1C(C)(C)N. The highest BCUT2D eigenvalue weighted by Crippen LogP contribution is 2.35. The van der Waals surface area contributed by atoms with Gasteiger partial charge in [-0.25, -0.2) is 4.98 Å². The Morgan fingerprint density at radius 3 is 2.60 bits per heavy atom. The molecule has 0 aliphatic heterocycles. The van der Waals surface area contributed by atoms with E-state index < -0.39 is 0 Å². The third-order valence-electron chi connectivity index (χ3n) is 2.11. The monoisotopic (exact) mass is 238 g/mol. The summed E-state index contributed by atoms with van der Waals surface area (Å²) in [5.41, 5.74) is 6.86. The predicted molar refractivity (Wildman–Crippen MR) is 67.4 cm³/mol. The van der Waals surface area contributed by atoms with Crippen molar-refractivity contribution in [3.63, 3.8) is 0 Å². The molecule has 0 atom stereocenters. The smallest absolute Gasteiger partial charge is 0.133 e. The first kappa shape index (κ1) is 10.8. The van der Waals surface area contributed by atoms with Crippen LogP contribution in [0.2, 0.25) is 0 Å². The van der Waals surface area contributed by atoms with Gasteiger partial charge >= 0.3 is 0 Å². The highest BCUT2D eigenvalue weighted by atomic mass is 32.1. The lowest BCUT2D eigenvalue weighted by atomic mass is 10.0. The topological polar surface area (TPSA) is 38.9 Å². The van der Waals surface area contributed by atoms with Crippen LogP contribution >= 0.6 is 22.7 Å². The van der Waals surface area contributed by atoms with Crippen molar-refractivity contribution in [3.8, 4) is 9.88 Å². The maximum atomic E-state index is 6.10. The molecule has 0 aromatic carbocycles. The molecular weight excluding hydrogens is 224 g/mol. The van der Waals surface area contributed by atoms with Crippen LogP contribution in [0.25, 0.3) is 9.88 Å². The molecule has 0 unspecified atom stereocenters. The fourth-order valence-electron chi connectivity index (χ4n) is 1.50. The second kappa shape index (κ2) is 3.70. The molecule has 2 heterocycles. The summed E-state index contributed by atoms with van der Waals surface area (Å²) >= 11 is 3.41. The first-order chi connectivity index (χ1) is 6.98. The van der Waals surface area contributed by atoms with Crippen LogP contribution in [0.15, 0.2) is 17.5 Å². The average molecular weight is 238 g/mol. The van der Waals surface area contributed by atoms with Crippen LogP contribution in [0.5, 0.6) is 0 Å². The number of nitrogens with zero attached hydrogens (tertiary/aromatic N) is 1. The number of aryl methyl sites for hydroxylation is 1. The molecule has 2 aromatic heterocycles. The van der Waals surface area contributed by atoms with E-state index in [4.69, 9.17) is 5.73 Å². The van der Waals surface area contributed by atoms with E-state index in [1.807, 2.05) is 26.8 Å². The van der Waals surface area contributed by atoms with Gasteiger partial charge in [-0.2, -0.15) is 0 Å². The Morgan fingerprint density at radius 2 is 2.13 bits per heavy atom. The molecule has 0 amide bonds. The molecule has 0 saturated heterocycles. The molecule has 0 aliphatic carbocycles. The van der Waals surface area contributed by atoms with Crippen molar-refractivity contribution in [2.75, 3.05) is 0 Å². The molecule has 4 heteroatoms. The Balaban J connectivity index is 2.47. The van der Waals surface area contributed by atoms with E-state index in [2.05, 4.69) is 16.4 Å². The Labute approximate surface area is 97.8 Å². The standard InChI is InChI=1S/C11H14N2S2/c1-7-9(11(2,3)12)15-10(13-7)8-5-4-6-14-8/h4-6H,12H2,1-3H3. The van der Waals surface area contributed by atoms with Gasteiger partial charge in [0.2, 0.25) is 0 Å². The molecule has 0 saturated carbocycles. The molecule has 0 spiro atoms. The van der Waals surface area contributed by atoms with E-state index in [-0.39, 0.29) is 5.54 Å². The predicted octanol–water partition coefficient (Wildman–Crippen LogP) is 3.37. The van der Waals surface area contributed by atoms with Crippen molar-refractivity contribution in [1.82, 2.24) is 4.98 Å². The summed E-state index contributed by atoms with van der Waals surface area (Å²) in [4.78, 5) is 6.96. The van der Waals surface area contributed by atoms with Crippen LogP contribution in [0, 0.1) is 6.92 Å². The minimum atomic E-state index is -0.294. The molecule has 0 fully saturated rings. The third kappa shape index (κ3) is 2.12. The van der Waals surface area contributed by atoms with Gasteiger partial charge in [0.25, 0.3) is 0 Å². The van der Waals surface area contributed by atoms with E-state index in [9.17, 15) is 0 Å². The maximum absolute atomic E-state index is 6.10. The van der Waals surface area contributed by atoms with Gasteiger partial charge in [0.15, 0.2) is 0 Å². The number of hydrogen-bond acceptors (Lipinski definition) is 4. The van der Waals surface area contributed by atoms with Gasteiger partial charge in [0.05, 0.1) is 10.6 Å². The highest BCUT2D eigenvalue weighted by molar-refractivity contribution is 7.21. The van der Waals surface area contributed by atoms with Crippen molar-refractivity contribution in [3.05, 3.63) is 28.1 Å². The summed E-state index contributed by atoms with van der Waals surface area (Å²) in [7, 11) is 0. The van der Waals surface area contributed by atoms with Crippen molar-refractivity contribution in [1.29, 1.82) is 0 Å². The second-order valence-electron chi connectivity index (χ2n) is 4.13. The number of nitrogens with two attached hydrogens (primary N) is 1. The van der Waals surface area contributed by atoms with Gasteiger partial charge in [-0.3, -0.25) is 0 Å². The van der Waals surface area contributed by atoms with Gasteiger partial charge in [0.1, 0.15) is 5.01 Å². The van der Waals surface area contributed by atoms with Crippen molar-refractivity contribution in [2.24, 2.45) is 5.73 Å². The number of aromatic nitrogens is 1. The zero-order chi connectivity index (χ0) is 11.1. The first-order valence-corrected chi connectivity index (χ1v) is 6.49. The van der Waals surface area contributed by atoms with E-state index in [0.717, 1.165) is 10.7 Å². The van der Waals surface area contributed by atoms with Crippen LogP contribution in [-0.4, -0.2) is 4.98 Å². The molecule has 2 aromatic rings. The van der Waals surface area contributed by atoms with Gasteiger partial charge in [0, 0.05) is 10.4 Å². The number of thiophene rings is 1. The van der Waals surface area contributed by atoms with Crippen LogP contribution in [0.1, 0.15) is 24.4 Å². The lowest BCUT2D eigenvalue weighted by Gasteiger charge is -2.16. The largest absolute Gasteiger partial charge is 0.321 e. The molecule has 2 rings (SSSR count).